The second-order valence-electron chi connectivity index (χ2n) is 2.90. The number of carbonyl (C=O) groups is 1. The Morgan fingerprint density at radius 2 is 2.19 bits per heavy atom. The van der Waals surface area contributed by atoms with E-state index in [1.165, 1.54) is 24.3 Å². The fraction of sp³-hybridized carbons (Fsp3) is 0.200. The molecule has 0 unspecified atom stereocenters. The summed E-state index contributed by atoms with van der Waals surface area (Å²) >= 11 is 0. The summed E-state index contributed by atoms with van der Waals surface area (Å²) in [5.41, 5.74) is -0.221. The van der Waals surface area contributed by atoms with E-state index < -0.39 is 16.8 Å². The highest BCUT2D eigenvalue weighted by molar-refractivity contribution is 5.82. The Kier molecular flexibility index (Phi) is 3.56. The van der Waals surface area contributed by atoms with E-state index >= 15 is 0 Å². The zero-order valence-electron chi connectivity index (χ0n) is 8.41. The van der Waals surface area contributed by atoms with Crippen molar-refractivity contribution in [3.05, 3.63) is 39.9 Å². The highest BCUT2D eigenvalue weighted by atomic mass is 16.6. The summed E-state index contributed by atoms with van der Waals surface area (Å²) in [5.74, 6) is -2.08. The lowest BCUT2D eigenvalue weighted by Gasteiger charge is -2.06. The van der Waals surface area contributed by atoms with Crippen LogP contribution in [0.5, 0.6) is 0 Å². The summed E-state index contributed by atoms with van der Waals surface area (Å²) in [7, 11) is 1.13. The number of nitriles is 1. The molecule has 6 heteroatoms. The Balaban J connectivity index is 3.26. The highest BCUT2D eigenvalue weighted by Gasteiger charge is 2.28. The molecule has 1 rings (SSSR count). The molecule has 0 spiro atoms. The van der Waals surface area contributed by atoms with E-state index in [0.29, 0.717) is 0 Å². The maximum absolute atomic E-state index is 11.3. The number of ether oxygens (including phenoxy) is 1. The Morgan fingerprint density at radius 3 is 2.69 bits per heavy atom. The van der Waals surface area contributed by atoms with Crippen LogP contribution < -0.4 is 0 Å². The number of hydrogen-bond donors (Lipinski definition) is 0. The van der Waals surface area contributed by atoms with Crippen molar-refractivity contribution in [2.75, 3.05) is 7.11 Å². The van der Waals surface area contributed by atoms with E-state index in [9.17, 15) is 14.9 Å². The van der Waals surface area contributed by atoms with Gasteiger partial charge in [-0.2, -0.15) is 5.26 Å². The molecule has 82 valence electrons. The number of para-hydroxylation sites is 1. The smallest absolute Gasteiger partial charge is 0.327 e. The van der Waals surface area contributed by atoms with Crippen molar-refractivity contribution in [3.63, 3.8) is 0 Å². The van der Waals surface area contributed by atoms with Gasteiger partial charge in [-0.05, 0) is 0 Å². The van der Waals surface area contributed by atoms with Crippen LogP contribution in [-0.4, -0.2) is 18.0 Å². The van der Waals surface area contributed by atoms with Gasteiger partial charge < -0.3 is 4.74 Å². The summed E-state index contributed by atoms with van der Waals surface area (Å²) in [6.07, 6.45) is 0. The molecule has 1 aromatic carbocycles. The van der Waals surface area contributed by atoms with E-state index in [-0.39, 0.29) is 11.3 Å². The number of nitro benzene ring substituents is 1. The molecule has 0 bridgehead atoms. The van der Waals surface area contributed by atoms with Gasteiger partial charge in [0, 0.05) is 6.07 Å². The summed E-state index contributed by atoms with van der Waals surface area (Å²) in [4.78, 5) is 21.3. The minimum Gasteiger partial charge on any atom is -0.468 e. The Bertz CT molecular complexity index is 464. The molecular weight excluding hydrogens is 212 g/mol. The minimum atomic E-state index is -1.27. The number of esters is 1. The standard InChI is InChI=1S/C10H8N2O4/c1-16-10(13)8(6-11)7-4-2-3-5-9(7)12(14)15/h2-5,8H,1H3/t8-/m1/s1. The predicted octanol–water partition coefficient (Wildman–Crippen LogP) is 1.37. The van der Waals surface area contributed by atoms with Gasteiger partial charge in [-0.1, -0.05) is 18.2 Å². The van der Waals surface area contributed by atoms with Gasteiger partial charge in [-0.3, -0.25) is 14.9 Å². The maximum Gasteiger partial charge on any atom is 0.327 e. The molecule has 16 heavy (non-hydrogen) atoms. The van der Waals surface area contributed by atoms with E-state index in [2.05, 4.69) is 4.74 Å². The van der Waals surface area contributed by atoms with Gasteiger partial charge in [0.2, 0.25) is 0 Å². The van der Waals surface area contributed by atoms with Crippen LogP contribution in [0.2, 0.25) is 0 Å². The lowest BCUT2D eigenvalue weighted by atomic mass is 9.99. The van der Waals surface area contributed by atoms with Gasteiger partial charge in [0.25, 0.3) is 5.69 Å². The number of nitro groups is 1. The van der Waals surface area contributed by atoms with Gasteiger partial charge in [-0.15, -0.1) is 0 Å². The fourth-order valence-corrected chi connectivity index (χ4v) is 1.26. The lowest BCUT2D eigenvalue weighted by Crippen LogP contribution is -2.13. The molecule has 0 saturated heterocycles. The molecule has 0 fully saturated rings. The summed E-state index contributed by atoms with van der Waals surface area (Å²) in [6.45, 7) is 0. The normalized spacial score (nSPS) is 11.2. The first kappa shape index (κ1) is 11.7. The number of methoxy groups -OCH3 is 1. The Morgan fingerprint density at radius 1 is 1.56 bits per heavy atom. The second-order valence-corrected chi connectivity index (χ2v) is 2.90. The SMILES string of the molecule is COC(=O)[C@H](C#N)c1ccccc1[N+](=O)[O-]. The largest absolute Gasteiger partial charge is 0.468 e. The molecule has 0 aliphatic rings. The molecule has 0 N–H and O–H groups in total. The average Bonchev–Trinajstić information content (AvgIpc) is 2.30. The van der Waals surface area contributed by atoms with Crippen LogP contribution in [0.25, 0.3) is 0 Å². The van der Waals surface area contributed by atoms with Gasteiger partial charge in [0.15, 0.2) is 5.92 Å². The Labute approximate surface area is 91.2 Å². The second kappa shape index (κ2) is 4.89. The monoisotopic (exact) mass is 220 g/mol. The Hall–Kier alpha value is -2.42. The number of hydrogen-bond acceptors (Lipinski definition) is 5. The van der Waals surface area contributed by atoms with Gasteiger partial charge >= 0.3 is 5.97 Å². The van der Waals surface area contributed by atoms with E-state index in [1.54, 1.807) is 6.07 Å². The van der Waals surface area contributed by atoms with E-state index in [1.807, 2.05) is 0 Å². The fourth-order valence-electron chi connectivity index (χ4n) is 1.26. The van der Waals surface area contributed by atoms with Crippen molar-refractivity contribution in [1.82, 2.24) is 0 Å². The predicted molar refractivity (Wildman–Crippen MR) is 53.5 cm³/mol. The zero-order valence-corrected chi connectivity index (χ0v) is 8.41. The molecule has 0 heterocycles. The van der Waals surface area contributed by atoms with Gasteiger partial charge in [0.1, 0.15) is 0 Å². The molecule has 6 nitrogen and oxygen atoms in total. The maximum atomic E-state index is 11.3. The molecule has 1 aromatic rings. The molecule has 0 amide bonds. The van der Waals surface area contributed by atoms with Crippen molar-refractivity contribution < 1.29 is 14.5 Å². The van der Waals surface area contributed by atoms with Crippen molar-refractivity contribution in [1.29, 1.82) is 5.26 Å². The zero-order chi connectivity index (χ0) is 12.1. The van der Waals surface area contributed by atoms with Crippen LogP contribution in [0.3, 0.4) is 0 Å². The minimum absolute atomic E-state index is 0.0434. The summed E-state index contributed by atoms with van der Waals surface area (Å²) in [6, 6.07) is 7.28. The summed E-state index contributed by atoms with van der Waals surface area (Å²) < 4.78 is 4.41. The van der Waals surface area contributed by atoms with Crippen molar-refractivity contribution in [2.45, 2.75) is 5.92 Å². The quantitative estimate of drug-likeness (QED) is 0.435. The van der Waals surface area contributed by atoms with Crippen molar-refractivity contribution in [3.8, 4) is 6.07 Å². The van der Waals surface area contributed by atoms with Crippen molar-refractivity contribution in [2.24, 2.45) is 0 Å². The molecule has 0 saturated carbocycles. The van der Waals surface area contributed by atoms with E-state index in [4.69, 9.17) is 5.26 Å². The van der Waals surface area contributed by atoms with Gasteiger partial charge in [-0.25, -0.2) is 0 Å². The number of nitrogens with zero attached hydrogens (tertiary/aromatic N) is 2. The van der Waals surface area contributed by atoms with Gasteiger partial charge in [0.05, 0.1) is 23.7 Å². The third-order valence-corrected chi connectivity index (χ3v) is 2.01. The number of benzene rings is 1. The van der Waals surface area contributed by atoms with Crippen LogP contribution >= 0.6 is 0 Å². The topological polar surface area (TPSA) is 93.2 Å². The van der Waals surface area contributed by atoms with Crippen LogP contribution in [0.15, 0.2) is 24.3 Å². The summed E-state index contributed by atoms with van der Waals surface area (Å²) in [5, 5.41) is 19.5. The molecule has 0 aliphatic carbocycles. The lowest BCUT2D eigenvalue weighted by molar-refractivity contribution is -0.385. The third kappa shape index (κ3) is 2.15. The number of rotatable bonds is 3. The molecular formula is C10H8N2O4. The molecule has 1 atom stereocenters. The first-order chi connectivity index (χ1) is 7.61. The first-order valence-electron chi connectivity index (χ1n) is 4.32. The molecule has 0 aliphatic heterocycles. The first-order valence-corrected chi connectivity index (χ1v) is 4.32. The highest BCUT2D eigenvalue weighted by Crippen LogP contribution is 2.26. The van der Waals surface area contributed by atoms with Crippen molar-refractivity contribution >= 4 is 11.7 Å². The molecule has 0 aromatic heterocycles. The van der Waals surface area contributed by atoms with Crippen LogP contribution in [0, 0.1) is 21.4 Å². The number of carbonyl (C=O) groups excluding carboxylic acids is 1. The average molecular weight is 220 g/mol. The van der Waals surface area contributed by atoms with Crippen LogP contribution in [0.4, 0.5) is 5.69 Å². The third-order valence-electron chi connectivity index (χ3n) is 2.01. The molecule has 0 radical (unpaired) electrons. The van der Waals surface area contributed by atoms with Crippen LogP contribution in [-0.2, 0) is 9.53 Å². The van der Waals surface area contributed by atoms with E-state index in [0.717, 1.165) is 7.11 Å². The van der Waals surface area contributed by atoms with Crippen LogP contribution in [0.1, 0.15) is 11.5 Å².